The van der Waals surface area contributed by atoms with Crippen LogP contribution in [0.3, 0.4) is 0 Å². The fourth-order valence-corrected chi connectivity index (χ4v) is 3.17. The second-order valence-corrected chi connectivity index (χ2v) is 6.48. The Bertz CT molecular complexity index is 391. The fraction of sp³-hybridized carbons (Fsp3) is 1.00. The van der Waals surface area contributed by atoms with E-state index in [0.29, 0.717) is 0 Å². The van der Waals surface area contributed by atoms with Gasteiger partial charge in [0, 0.05) is 18.9 Å². The summed E-state index contributed by atoms with van der Waals surface area (Å²) in [5, 5.41) is 49.2. The average molecular weight is 352 g/mol. The second kappa shape index (κ2) is 8.35. The summed E-state index contributed by atoms with van der Waals surface area (Å²) in [6.45, 7) is 2.46. The van der Waals surface area contributed by atoms with E-state index in [1.165, 1.54) is 7.11 Å². The minimum atomic E-state index is -1.23. The summed E-state index contributed by atoms with van der Waals surface area (Å²) in [7, 11) is 1.44. The van der Waals surface area contributed by atoms with Crippen LogP contribution >= 0.6 is 0 Å². The summed E-state index contributed by atoms with van der Waals surface area (Å²) in [5.41, 5.74) is 0. The zero-order valence-electron chi connectivity index (χ0n) is 14.1. The van der Waals surface area contributed by atoms with Crippen LogP contribution in [0.15, 0.2) is 0 Å². The van der Waals surface area contributed by atoms with Gasteiger partial charge in [0.1, 0.15) is 24.4 Å². The molecule has 0 saturated carbocycles. The summed E-state index contributed by atoms with van der Waals surface area (Å²) >= 11 is 0. The molecule has 0 aliphatic carbocycles. The van der Waals surface area contributed by atoms with Crippen LogP contribution in [0.5, 0.6) is 0 Å². The third-order valence-electron chi connectivity index (χ3n) is 4.87. The van der Waals surface area contributed by atoms with E-state index in [1.807, 2.05) is 0 Å². The third-order valence-corrected chi connectivity index (χ3v) is 4.87. The Labute approximate surface area is 140 Å². The van der Waals surface area contributed by atoms with Gasteiger partial charge in [0.25, 0.3) is 0 Å². The van der Waals surface area contributed by atoms with Crippen molar-refractivity contribution >= 4 is 0 Å². The largest absolute Gasteiger partial charge is 0.394 e. The quantitative estimate of drug-likeness (QED) is 0.373. The van der Waals surface area contributed by atoms with Gasteiger partial charge >= 0.3 is 0 Å². The average Bonchev–Trinajstić information content (AvgIpc) is 2.59. The van der Waals surface area contributed by atoms with E-state index in [-0.39, 0.29) is 0 Å². The highest BCUT2D eigenvalue weighted by atomic mass is 16.7. The minimum Gasteiger partial charge on any atom is -0.394 e. The molecule has 5 N–H and O–H groups in total. The van der Waals surface area contributed by atoms with Gasteiger partial charge in [0.2, 0.25) is 0 Å². The van der Waals surface area contributed by atoms with Crippen LogP contribution in [-0.2, 0) is 18.9 Å². The summed E-state index contributed by atoms with van der Waals surface area (Å²) in [6, 6.07) is 0. The summed E-state index contributed by atoms with van der Waals surface area (Å²) < 4.78 is 22.0. The first-order chi connectivity index (χ1) is 11.3. The maximum absolute atomic E-state index is 10.5. The number of aliphatic hydroxyl groups excluding tert-OH is 5. The molecule has 0 radical (unpaired) electrons. The highest BCUT2D eigenvalue weighted by Gasteiger charge is 2.48. The summed E-state index contributed by atoms with van der Waals surface area (Å²) in [5.74, 6) is -1.02. The zero-order chi connectivity index (χ0) is 18.0. The molecule has 0 aromatic carbocycles. The molecule has 0 aromatic heterocycles. The van der Waals surface area contributed by atoms with Crippen molar-refractivity contribution in [1.82, 2.24) is 0 Å². The summed E-state index contributed by atoms with van der Waals surface area (Å²) in [6.07, 6.45) is -7.79. The van der Waals surface area contributed by atoms with E-state index in [2.05, 4.69) is 0 Å². The molecule has 2 aliphatic rings. The zero-order valence-corrected chi connectivity index (χ0v) is 14.1. The Hall–Kier alpha value is -0.360. The van der Waals surface area contributed by atoms with Gasteiger partial charge in [0.05, 0.1) is 25.4 Å². The minimum absolute atomic E-state index is 0.399. The van der Waals surface area contributed by atoms with Crippen molar-refractivity contribution in [3.05, 3.63) is 0 Å². The predicted octanol–water partition coefficient (Wildman–Crippen LogP) is -2.19. The van der Waals surface area contributed by atoms with Gasteiger partial charge in [-0.3, -0.25) is 0 Å². The second-order valence-electron chi connectivity index (χ2n) is 6.48. The SMILES string of the molecule is CO[C@@H]1OC(CO)[C@H](O[C@@H]2OC(CO)[C@H](O)[C@H](O)C2C)[C@H](O)C1C. The van der Waals surface area contributed by atoms with E-state index in [9.17, 15) is 25.5 Å². The monoisotopic (exact) mass is 352 g/mol. The molecule has 142 valence electrons. The normalized spacial score (nSPS) is 50.0. The van der Waals surface area contributed by atoms with Gasteiger partial charge in [-0.15, -0.1) is 0 Å². The Morgan fingerprint density at radius 3 is 1.88 bits per heavy atom. The first-order valence-electron chi connectivity index (χ1n) is 8.10. The molecule has 0 aromatic rings. The molecule has 0 spiro atoms. The maximum atomic E-state index is 10.5. The number of aliphatic hydroxyl groups is 5. The Morgan fingerprint density at radius 2 is 1.33 bits per heavy atom. The van der Waals surface area contributed by atoms with E-state index >= 15 is 0 Å². The Balaban J connectivity index is 2.12. The smallest absolute Gasteiger partial charge is 0.163 e. The van der Waals surface area contributed by atoms with E-state index in [4.69, 9.17) is 18.9 Å². The van der Waals surface area contributed by atoms with Gasteiger partial charge < -0.3 is 44.5 Å². The van der Waals surface area contributed by atoms with Gasteiger partial charge in [-0.25, -0.2) is 0 Å². The van der Waals surface area contributed by atoms with Crippen LogP contribution in [0, 0.1) is 11.8 Å². The molecule has 10 atom stereocenters. The standard InChI is InChI=1S/C15H28O9/c1-6-10(18)12(20)8(4-16)22-15(6)24-13-9(5-17)23-14(21-3)7(2)11(13)19/h6-20H,4-5H2,1-3H3/t6?,7?,8?,9?,10-,11-,12+,13+,14-,15+/m1/s1. The van der Waals surface area contributed by atoms with Crippen molar-refractivity contribution in [2.24, 2.45) is 11.8 Å². The number of hydrogen-bond donors (Lipinski definition) is 5. The summed E-state index contributed by atoms with van der Waals surface area (Å²) in [4.78, 5) is 0. The molecule has 2 saturated heterocycles. The lowest BCUT2D eigenvalue weighted by Crippen LogP contribution is -2.61. The molecule has 2 rings (SSSR count). The van der Waals surface area contributed by atoms with E-state index < -0.39 is 74.3 Å². The van der Waals surface area contributed by atoms with Crippen molar-refractivity contribution in [3.63, 3.8) is 0 Å². The van der Waals surface area contributed by atoms with Gasteiger partial charge in [-0.05, 0) is 0 Å². The third kappa shape index (κ3) is 3.74. The van der Waals surface area contributed by atoms with Crippen molar-refractivity contribution in [3.8, 4) is 0 Å². The van der Waals surface area contributed by atoms with Crippen LogP contribution in [0.25, 0.3) is 0 Å². The molecule has 9 nitrogen and oxygen atoms in total. The lowest BCUT2D eigenvalue weighted by Gasteiger charge is -2.46. The Kier molecular flexibility index (Phi) is 6.94. The van der Waals surface area contributed by atoms with Crippen molar-refractivity contribution in [2.75, 3.05) is 20.3 Å². The molecule has 0 amide bonds. The molecule has 0 bridgehead atoms. The van der Waals surface area contributed by atoms with Gasteiger partial charge in [-0.1, -0.05) is 13.8 Å². The highest BCUT2D eigenvalue weighted by Crippen LogP contribution is 2.33. The van der Waals surface area contributed by atoms with E-state index in [0.717, 1.165) is 0 Å². The molecule has 4 unspecified atom stereocenters. The van der Waals surface area contributed by atoms with Crippen LogP contribution in [0.4, 0.5) is 0 Å². The number of ether oxygens (including phenoxy) is 4. The fourth-order valence-electron chi connectivity index (χ4n) is 3.17. The van der Waals surface area contributed by atoms with Gasteiger partial charge in [0.15, 0.2) is 12.6 Å². The van der Waals surface area contributed by atoms with Gasteiger partial charge in [-0.2, -0.15) is 0 Å². The molecule has 9 heteroatoms. The lowest BCUT2D eigenvalue weighted by atomic mass is 9.90. The maximum Gasteiger partial charge on any atom is 0.163 e. The van der Waals surface area contributed by atoms with Crippen molar-refractivity contribution in [2.45, 2.75) is 63.1 Å². The van der Waals surface area contributed by atoms with Crippen LogP contribution < -0.4 is 0 Å². The molecule has 2 fully saturated rings. The molecular weight excluding hydrogens is 324 g/mol. The molecule has 24 heavy (non-hydrogen) atoms. The van der Waals surface area contributed by atoms with Crippen molar-refractivity contribution in [1.29, 1.82) is 0 Å². The van der Waals surface area contributed by atoms with Crippen LogP contribution in [0.2, 0.25) is 0 Å². The number of hydrogen-bond acceptors (Lipinski definition) is 9. The van der Waals surface area contributed by atoms with Crippen LogP contribution in [0.1, 0.15) is 13.8 Å². The number of rotatable bonds is 5. The molecule has 2 aliphatic heterocycles. The molecule has 2 heterocycles. The number of methoxy groups -OCH3 is 1. The lowest BCUT2D eigenvalue weighted by molar-refractivity contribution is -0.342. The Morgan fingerprint density at radius 1 is 0.792 bits per heavy atom. The predicted molar refractivity (Wildman–Crippen MR) is 79.7 cm³/mol. The van der Waals surface area contributed by atoms with Crippen molar-refractivity contribution < 1.29 is 44.5 Å². The first kappa shape index (κ1) is 20.0. The first-order valence-corrected chi connectivity index (χ1v) is 8.10. The molecular formula is C15H28O9. The van der Waals surface area contributed by atoms with E-state index in [1.54, 1.807) is 13.8 Å². The topological polar surface area (TPSA) is 138 Å². The van der Waals surface area contributed by atoms with Crippen LogP contribution in [-0.4, -0.2) is 95.1 Å². The highest BCUT2D eigenvalue weighted by molar-refractivity contribution is 4.91.